The summed E-state index contributed by atoms with van der Waals surface area (Å²) in [7, 11) is 0. The van der Waals surface area contributed by atoms with Crippen LogP contribution in [0.25, 0.3) is 0 Å². The van der Waals surface area contributed by atoms with E-state index < -0.39 is 0 Å². The van der Waals surface area contributed by atoms with Gasteiger partial charge in [0, 0.05) is 12.7 Å². The van der Waals surface area contributed by atoms with Crippen molar-refractivity contribution in [3.05, 3.63) is 18.0 Å². The molecule has 3 heteroatoms. The van der Waals surface area contributed by atoms with Gasteiger partial charge in [-0.3, -0.25) is 4.68 Å². The summed E-state index contributed by atoms with van der Waals surface area (Å²) in [5.74, 6) is 8.39. The summed E-state index contributed by atoms with van der Waals surface area (Å²) >= 11 is 0. The second-order valence-electron chi connectivity index (χ2n) is 12.5. The highest BCUT2D eigenvalue weighted by Crippen LogP contribution is 2.65. The Balaban J connectivity index is 1.28. The lowest BCUT2D eigenvalue weighted by atomic mass is 9.48. The molecule has 1 heterocycles. The fourth-order valence-electron chi connectivity index (χ4n) is 9.41. The molecule has 1 aromatic rings. The highest BCUT2D eigenvalue weighted by Gasteiger charge is 2.57. The van der Waals surface area contributed by atoms with E-state index in [1.165, 1.54) is 57.8 Å². The first kappa shape index (κ1) is 21.5. The number of hydrogen-bond acceptors (Lipinski definition) is 2. The fraction of sp³-hybridized carbons (Fsp3) is 0.857. The molecule has 3 nitrogen and oxygen atoms in total. The molecule has 0 aliphatic heterocycles. The van der Waals surface area contributed by atoms with E-state index in [9.17, 15) is 0 Å². The minimum atomic E-state index is 0.522. The molecule has 4 saturated carbocycles. The average Bonchev–Trinajstić information content (AvgIpc) is 3.36. The normalized spacial score (nSPS) is 43.0. The van der Waals surface area contributed by atoms with Crippen LogP contribution >= 0.6 is 0 Å². The average molecular weight is 422 g/mol. The SMILES string of the molecule is CC(C)C1CCC2C(CCC3C2CCC2(C)C3CCC2[C@H](C)Cn2cc(C#N)cn2)C1. The van der Waals surface area contributed by atoms with Crippen LogP contribution in [0.4, 0.5) is 0 Å². The van der Waals surface area contributed by atoms with Gasteiger partial charge in [0.15, 0.2) is 0 Å². The lowest BCUT2D eigenvalue weighted by molar-refractivity contribution is -0.0767. The Morgan fingerprint density at radius 3 is 2.61 bits per heavy atom. The molecule has 31 heavy (non-hydrogen) atoms. The van der Waals surface area contributed by atoms with Gasteiger partial charge >= 0.3 is 0 Å². The molecule has 4 fully saturated rings. The number of aromatic nitrogens is 2. The molecule has 8 unspecified atom stereocenters. The van der Waals surface area contributed by atoms with Crippen molar-refractivity contribution in [2.75, 3.05) is 0 Å². The van der Waals surface area contributed by atoms with Crippen molar-refractivity contribution in [3.8, 4) is 6.07 Å². The third kappa shape index (κ3) is 3.67. The van der Waals surface area contributed by atoms with Gasteiger partial charge < -0.3 is 0 Å². The summed E-state index contributed by atoms with van der Waals surface area (Å²) in [4.78, 5) is 0. The molecule has 0 N–H and O–H groups in total. The van der Waals surface area contributed by atoms with E-state index >= 15 is 0 Å². The van der Waals surface area contributed by atoms with E-state index in [4.69, 9.17) is 5.26 Å². The molecular formula is C28H43N3. The number of rotatable bonds is 4. The maximum absolute atomic E-state index is 9.12. The smallest absolute Gasteiger partial charge is 0.102 e. The number of fused-ring (bicyclic) bond motifs is 5. The van der Waals surface area contributed by atoms with Crippen molar-refractivity contribution in [1.82, 2.24) is 9.78 Å². The van der Waals surface area contributed by atoms with Crippen LogP contribution in [0.2, 0.25) is 0 Å². The van der Waals surface area contributed by atoms with Gasteiger partial charge in [0.25, 0.3) is 0 Å². The van der Waals surface area contributed by atoms with Crippen molar-refractivity contribution >= 4 is 0 Å². The quantitative estimate of drug-likeness (QED) is 0.529. The van der Waals surface area contributed by atoms with Crippen LogP contribution in [-0.4, -0.2) is 9.78 Å². The predicted octanol–water partition coefficient (Wildman–Crippen LogP) is 6.93. The minimum absolute atomic E-state index is 0.522. The van der Waals surface area contributed by atoms with Gasteiger partial charge in [-0.15, -0.1) is 0 Å². The third-order valence-corrected chi connectivity index (χ3v) is 10.9. The highest BCUT2D eigenvalue weighted by atomic mass is 15.3. The first-order valence-electron chi connectivity index (χ1n) is 13.3. The van der Waals surface area contributed by atoms with Crippen LogP contribution in [-0.2, 0) is 6.54 Å². The second kappa shape index (κ2) is 8.24. The summed E-state index contributed by atoms with van der Waals surface area (Å²) in [6.45, 7) is 11.0. The Kier molecular flexibility index (Phi) is 5.72. The summed E-state index contributed by atoms with van der Waals surface area (Å²) in [6.07, 6.45) is 17.0. The monoisotopic (exact) mass is 421 g/mol. The molecule has 9 atom stereocenters. The molecule has 1 aromatic heterocycles. The number of nitrogens with zero attached hydrogens (tertiary/aromatic N) is 3. The molecule has 0 saturated heterocycles. The van der Waals surface area contributed by atoms with Crippen LogP contribution in [0.1, 0.15) is 91.0 Å². The van der Waals surface area contributed by atoms with Gasteiger partial charge in [-0.05, 0) is 116 Å². The van der Waals surface area contributed by atoms with E-state index in [0.717, 1.165) is 53.9 Å². The van der Waals surface area contributed by atoms with E-state index in [0.29, 0.717) is 16.9 Å². The van der Waals surface area contributed by atoms with Crippen LogP contribution in [0.3, 0.4) is 0 Å². The van der Waals surface area contributed by atoms with Crippen molar-refractivity contribution in [1.29, 1.82) is 5.26 Å². The zero-order chi connectivity index (χ0) is 21.8. The lowest BCUT2D eigenvalue weighted by Gasteiger charge is -2.57. The summed E-state index contributed by atoms with van der Waals surface area (Å²) in [5.41, 5.74) is 1.21. The zero-order valence-electron chi connectivity index (χ0n) is 20.3. The van der Waals surface area contributed by atoms with Crippen molar-refractivity contribution < 1.29 is 0 Å². The van der Waals surface area contributed by atoms with Gasteiger partial charge in [-0.25, -0.2) is 0 Å². The Hall–Kier alpha value is -1.30. The summed E-state index contributed by atoms with van der Waals surface area (Å²) < 4.78 is 2.02. The second-order valence-corrected chi connectivity index (χ2v) is 12.5. The van der Waals surface area contributed by atoms with E-state index in [-0.39, 0.29) is 0 Å². The Morgan fingerprint density at radius 1 is 1.06 bits per heavy atom. The van der Waals surface area contributed by atoms with Crippen LogP contribution in [0, 0.1) is 70.0 Å². The van der Waals surface area contributed by atoms with Crippen LogP contribution in [0.5, 0.6) is 0 Å². The summed E-state index contributed by atoms with van der Waals surface area (Å²) in [6, 6.07) is 2.22. The molecule has 0 bridgehead atoms. The van der Waals surface area contributed by atoms with Gasteiger partial charge in [0.05, 0.1) is 11.8 Å². The molecule has 0 spiro atoms. The van der Waals surface area contributed by atoms with E-state index in [1.807, 2.05) is 10.9 Å². The van der Waals surface area contributed by atoms with Gasteiger partial charge in [0.2, 0.25) is 0 Å². The lowest BCUT2D eigenvalue weighted by Crippen LogP contribution is -2.49. The minimum Gasteiger partial charge on any atom is -0.271 e. The largest absolute Gasteiger partial charge is 0.271 e. The molecule has 5 rings (SSSR count). The topological polar surface area (TPSA) is 41.6 Å². The highest BCUT2D eigenvalue weighted by molar-refractivity contribution is 5.21. The molecule has 4 aliphatic rings. The standard InChI is InChI=1S/C28H43N3/c1-18(2)21-5-7-23-22(13-21)6-8-25-24(23)11-12-28(4)26(9-10-27(25)28)19(3)16-31-17-20(14-29)15-30-31/h15,17-19,21-27H,5-13,16H2,1-4H3/t19-,21?,22?,23?,24?,25?,26?,27?,28?/m1/s1. The van der Waals surface area contributed by atoms with E-state index in [1.54, 1.807) is 6.20 Å². The van der Waals surface area contributed by atoms with Crippen molar-refractivity contribution in [2.24, 2.45) is 58.7 Å². The predicted molar refractivity (Wildman–Crippen MR) is 125 cm³/mol. The van der Waals surface area contributed by atoms with Gasteiger partial charge in [-0.1, -0.05) is 27.7 Å². The van der Waals surface area contributed by atoms with Gasteiger partial charge in [0.1, 0.15) is 6.07 Å². The van der Waals surface area contributed by atoms with E-state index in [2.05, 4.69) is 38.9 Å². The third-order valence-electron chi connectivity index (χ3n) is 10.9. The number of hydrogen-bond donors (Lipinski definition) is 0. The van der Waals surface area contributed by atoms with Crippen LogP contribution in [0.15, 0.2) is 12.4 Å². The maximum Gasteiger partial charge on any atom is 0.102 e. The molecule has 170 valence electrons. The Bertz CT molecular complexity index is 818. The van der Waals surface area contributed by atoms with Crippen molar-refractivity contribution in [3.63, 3.8) is 0 Å². The Labute approximate surface area is 190 Å². The number of nitriles is 1. The summed E-state index contributed by atoms with van der Waals surface area (Å²) in [5, 5.41) is 13.6. The fourth-order valence-corrected chi connectivity index (χ4v) is 9.41. The first-order valence-corrected chi connectivity index (χ1v) is 13.3. The maximum atomic E-state index is 9.12. The molecule has 0 radical (unpaired) electrons. The first-order chi connectivity index (χ1) is 14.9. The molecular weight excluding hydrogens is 378 g/mol. The van der Waals surface area contributed by atoms with Crippen LogP contribution < -0.4 is 0 Å². The van der Waals surface area contributed by atoms with Gasteiger partial charge in [-0.2, -0.15) is 10.4 Å². The van der Waals surface area contributed by atoms with Crippen molar-refractivity contribution in [2.45, 2.75) is 92.0 Å². The Morgan fingerprint density at radius 2 is 1.87 bits per heavy atom. The molecule has 4 aliphatic carbocycles. The zero-order valence-corrected chi connectivity index (χ0v) is 20.3. The molecule has 0 aromatic carbocycles. The molecule has 0 amide bonds.